The SMILES string of the molecule is C.CC(=O)/C=C/[C@H]1COC(C)(C)O1.CC(=O)CP(C)(C)=O.CC1(C)OC[C@H](C=O)O1. The Morgan fingerprint density at radius 2 is 1.40 bits per heavy atom. The number of ether oxygens (including phenoxy) is 4. The molecule has 0 bridgehead atoms. The summed E-state index contributed by atoms with van der Waals surface area (Å²) in [7, 11) is -2.07. The van der Waals surface area contributed by atoms with Crippen LogP contribution in [0.2, 0.25) is 0 Å². The predicted molar refractivity (Wildman–Crippen MR) is 117 cm³/mol. The number of Topliss-reactive ketones (excluding diaryl/α,β-unsaturated/α-hetero) is 1. The van der Waals surface area contributed by atoms with Gasteiger partial charge >= 0.3 is 0 Å². The zero-order chi connectivity index (χ0) is 22.9. The Kier molecular flexibility index (Phi) is 13.7. The van der Waals surface area contributed by atoms with E-state index in [9.17, 15) is 18.9 Å². The lowest BCUT2D eigenvalue weighted by Gasteiger charge is -2.15. The molecule has 2 aliphatic heterocycles. The first kappa shape index (κ1) is 31.0. The van der Waals surface area contributed by atoms with Crippen molar-refractivity contribution in [3.63, 3.8) is 0 Å². The molecule has 0 aromatic rings. The molecule has 0 radical (unpaired) electrons. The number of hydrogen-bond donors (Lipinski definition) is 0. The number of carbonyl (C=O) groups excluding carboxylic acids is 3. The fourth-order valence-electron chi connectivity index (χ4n) is 2.37. The number of hydrogen-bond acceptors (Lipinski definition) is 8. The first-order valence-electron chi connectivity index (χ1n) is 9.36. The van der Waals surface area contributed by atoms with Gasteiger partial charge in [-0.05, 0) is 67.0 Å². The van der Waals surface area contributed by atoms with E-state index >= 15 is 0 Å². The van der Waals surface area contributed by atoms with Crippen molar-refractivity contribution < 1.29 is 37.9 Å². The van der Waals surface area contributed by atoms with Crippen LogP contribution >= 0.6 is 7.14 Å². The molecule has 176 valence electrons. The van der Waals surface area contributed by atoms with Crippen molar-refractivity contribution in [2.24, 2.45) is 0 Å². The predicted octanol–water partition coefficient (Wildman–Crippen LogP) is 3.45. The highest BCUT2D eigenvalue weighted by Crippen LogP contribution is 2.34. The van der Waals surface area contributed by atoms with E-state index in [0.717, 1.165) is 6.29 Å². The lowest BCUT2D eigenvalue weighted by Crippen LogP contribution is -2.21. The number of ketones is 2. The van der Waals surface area contributed by atoms with E-state index in [1.54, 1.807) is 33.3 Å². The Bertz CT molecular complexity index is 633. The fraction of sp³-hybridized carbons (Fsp3) is 0.762. The molecule has 0 aromatic heterocycles. The number of carbonyl (C=O) groups is 3. The highest BCUT2D eigenvalue weighted by molar-refractivity contribution is 7.63. The second-order valence-electron chi connectivity index (χ2n) is 8.27. The Morgan fingerprint density at radius 3 is 1.60 bits per heavy atom. The van der Waals surface area contributed by atoms with Crippen LogP contribution in [-0.2, 0) is 37.9 Å². The minimum atomic E-state index is -2.07. The normalized spacial score (nSPS) is 24.0. The third-order valence-electron chi connectivity index (χ3n) is 3.36. The molecule has 0 spiro atoms. The fourth-order valence-corrected chi connectivity index (χ4v) is 3.44. The third-order valence-corrected chi connectivity index (χ3v) is 4.57. The lowest BCUT2D eigenvalue weighted by molar-refractivity contribution is -0.145. The van der Waals surface area contributed by atoms with E-state index in [4.69, 9.17) is 18.9 Å². The summed E-state index contributed by atoms with van der Waals surface area (Å²) in [6, 6.07) is 0. The van der Waals surface area contributed by atoms with E-state index in [1.165, 1.54) is 19.9 Å². The minimum absolute atomic E-state index is 0. The number of rotatable bonds is 5. The Hall–Kier alpha value is -1.18. The molecule has 0 saturated carbocycles. The number of allylic oxidation sites excluding steroid dienone is 1. The van der Waals surface area contributed by atoms with E-state index in [-0.39, 0.29) is 37.4 Å². The molecule has 2 fully saturated rings. The van der Waals surface area contributed by atoms with Crippen LogP contribution in [-0.4, -0.2) is 74.3 Å². The maximum atomic E-state index is 10.8. The van der Waals surface area contributed by atoms with Gasteiger partial charge in [0.25, 0.3) is 0 Å². The Morgan fingerprint density at radius 1 is 0.967 bits per heavy atom. The molecule has 0 amide bonds. The van der Waals surface area contributed by atoms with Gasteiger partial charge in [0.2, 0.25) is 0 Å². The topological polar surface area (TPSA) is 105 Å². The molecular formula is C21H39O8P. The van der Waals surface area contributed by atoms with Gasteiger partial charge in [0.15, 0.2) is 23.6 Å². The molecule has 2 saturated heterocycles. The monoisotopic (exact) mass is 450 g/mol. The molecule has 2 heterocycles. The second kappa shape index (κ2) is 13.3. The van der Waals surface area contributed by atoms with E-state index in [1.807, 2.05) is 13.8 Å². The Balaban J connectivity index is 0. The van der Waals surface area contributed by atoms with Gasteiger partial charge < -0.3 is 28.3 Å². The van der Waals surface area contributed by atoms with Crippen LogP contribution in [0.15, 0.2) is 12.2 Å². The van der Waals surface area contributed by atoms with Crippen LogP contribution in [0.5, 0.6) is 0 Å². The van der Waals surface area contributed by atoms with E-state index < -0.39 is 18.7 Å². The van der Waals surface area contributed by atoms with Crippen molar-refractivity contribution in [2.45, 2.75) is 72.8 Å². The van der Waals surface area contributed by atoms with Crippen LogP contribution in [0.1, 0.15) is 49.0 Å². The molecule has 30 heavy (non-hydrogen) atoms. The van der Waals surface area contributed by atoms with Gasteiger partial charge in [-0.1, -0.05) is 7.43 Å². The van der Waals surface area contributed by atoms with Crippen molar-refractivity contribution in [1.29, 1.82) is 0 Å². The summed E-state index contributed by atoms with van der Waals surface area (Å²) in [5.41, 5.74) is 0. The van der Waals surface area contributed by atoms with Gasteiger partial charge in [-0.25, -0.2) is 0 Å². The van der Waals surface area contributed by atoms with Crippen LogP contribution < -0.4 is 0 Å². The molecule has 2 aliphatic rings. The zero-order valence-electron chi connectivity index (χ0n) is 18.7. The van der Waals surface area contributed by atoms with Crippen LogP contribution in [0.3, 0.4) is 0 Å². The molecule has 2 atom stereocenters. The van der Waals surface area contributed by atoms with Gasteiger partial charge in [0.05, 0.1) is 26.5 Å². The van der Waals surface area contributed by atoms with Crippen molar-refractivity contribution in [3.05, 3.63) is 12.2 Å². The first-order valence-corrected chi connectivity index (χ1v) is 12.1. The van der Waals surface area contributed by atoms with Crippen LogP contribution in [0.4, 0.5) is 0 Å². The van der Waals surface area contributed by atoms with Gasteiger partial charge in [0, 0.05) is 0 Å². The molecule has 0 unspecified atom stereocenters. The lowest BCUT2D eigenvalue weighted by atomic mass is 10.3. The van der Waals surface area contributed by atoms with Crippen molar-refractivity contribution >= 4 is 25.0 Å². The summed E-state index contributed by atoms with van der Waals surface area (Å²) in [6.45, 7) is 14.4. The highest BCUT2D eigenvalue weighted by atomic mass is 31.2. The average molecular weight is 451 g/mol. The van der Waals surface area contributed by atoms with Gasteiger partial charge in [0.1, 0.15) is 18.0 Å². The summed E-state index contributed by atoms with van der Waals surface area (Å²) in [5.74, 6) is -1.03. The smallest absolute Gasteiger partial charge is 0.163 e. The molecule has 8 nitrogen and oxygen atoms in total. The maximum Gasteiger partial charge on any atom is 0.163 e. The van der Waals surface area contributed by atoms with Gasteiger partial charge in [-0.2, -0.15) is 0 Å². The maximum absolute atomic E-state index is 10.8. The highest BCUT2D eigenvalue weighted by Gasteiger charge is 2.32. The molecule has 0 aliphatic carbocycles. The van der Waals surface area contributed by atoms with E-state index in [2.05, 4.69) is 0 Å². The summed E-state index contributed by atoms with van der Waals surface area (Å²) in [5, 5.41) is 0. The van der Waals surface area contributed by atoms with Crippen LogP contribution in [0.25, 0.3) is 0 Å². The summed E-state index contributed by atoms with van der Waals surface area (Å²) in [4.78, 5) is 31.0. The van der Waals surface area contributed by atoms with Crippen molar-refractivity contribution in [2.75, 3.05) is 32.7 Å². The first-order chi connectivity index (χ1) is 13.1. The zero-order valence-corrected chi connectivity index (χ0v) is 19.6. The van der Waals surface area contributed by atoms with Gasteiger partial charge in [-0.15, -0.1) is 0 Å². The Labute approximate surface area is 181 Å². The van der Waals surface area contributed by atoms with Gasteiger partial charge in [-0.3, -0.25) is 9.59 Å². The molecule has 0 N–H and O–H groups in total. The summed E-state index contributed by atoms with van der Waals surface area (Å²) in [6.07, 6.45) is 3.80. The molecular weight excluding hydrogens is 411 g/mol. The average Bonchev–Trinajstić information content (AvgIpc) is 3.05. The molecule has 0 aromatic carbocycles. The minimum Gasteiger partial charge on any atom is -0.347 e. The quantitative estimate of drug-likeness (QED) is 0.356. The summed E-state index contributed by atoms with van der Waals surface area (Å²) >= 11 is 0. The third kappa shape index (κ3) is 16.6. The second-order valence-corrected chi connectivity index (χ2v) is 11.7. The van der Waals surface area contributed by atoms with E-state index in [0.29, 0.717) is 13.2 Å². The molecule has 9 heteroatoms. The standard InChI is InChI=1S/C9H14O3.C6H10O3.C5H11O2P.CH4/c1-7(10)4-5-8-6-11-9(2,3)12-8;1-6(2)8-4-5(3-7)9-6;1-5(6)4-8(2,3)7;/h4-5,8H,6H2,1-3H3;3,5H,4H2,1-2H3;4H2,1-3H3;1H4/b5-4+;;;/t8-;5-;;/m00../s1. The number of aldehydes is 1. The largest absolute Gasteiger partial charge is 0.347 e. The van der Waals surface area contributed by atoms with Crippen molar-refractivity contribution in [3.8, 4) is 0 Å². The molecule has 2 rings (SSSR count). The van der Waals surface area contributed by atoms with Crippen LogP contribution in [0, 0.1) is 0 Å². The summed E-state index contributed by atoms with van der Waals surface area (Å²) < 4.78 is 31.7. The van der Waals surface area contributed by atoms with Crippen molar-refractivity contribution in [1.82, 2.24) is 0 Å².